The third kappa shape index (κ3) is 3.91. The molecule has 2 heterocycles. The van der Waals surface area contributed by atoms with Crippen molar-refractivity contribution in [3.8, 4) is 0 Å². The van der Waals surface area contributed by atoms with Crippen molar-refractivity contribution < 1.29 is 22.9 Å². The number of ether oxygens (including phenoxy) is 1. The standard InChI is InChI=1S/C15H13N3O6S/c19-15(24-10-11-2-1-3-13(8-11)18(20)21)12-4-5-14-16-25(22,23)7-6-17(14)9-12/h1-5,8-9H,6-7,10H2. The lowest BCUT2D eigenvalue weighted by molar-refractivity contribution is -0.384. The Morgan fingerprint density at radius 3 is 2.92 bits per heavy atom. The first-order valence-corrected chi connectivity index (χ1v) is 8.85. The molecular weight excluding hydrogens is 350 g/mol. The third-order valence-corrected chi connectivity index (χ3v) is 4.71. The Kier molecular flexibility index (Phi) is 4.36. The quantitative estimate of drug-likeness (QED) is 0.447. The summed E-state index contributed by atoms with van der Waals surface area (Å²) in [6, 6.07) is 5.81. The van der Waals surface area contributed by atoms with Crippen molar-refractivity contribution >= 4 is 27.5 Å². The highest BCUT2D eigenvalue weighted by atomic mass is 32.2. The van der Waals surface area contributed by atoms with E-state index in [9.17, 15) is 23.3 Å². The van der Waals surface area contributed by atoms with Gasteiger partial charge in [-0.2, -0.15) is 0 Å². The number of hydrogen-bond acceptors (Lipinski definition) is 7. The van der Waals surface area contributed by atoms with E-state index < -0.39 is 20.9 Å². The molecule has 0 spiro atoms. The van der Waals surface area contributed by atoms with Gasteiger partial charge in [0, 0.05) is 24.9 Å². The average molecular weight is 363 g/mol. The molecule has 2 aliphatic heterocycles. The minimum atomic E-state index is -3.45. The number of non-ortho nitro benzene ring substituents is 1. The molecular formula is C15H13N3O6S. The number of nitrogens with zero attached hydrogens (tertiary/aromatic N) is 3. The molecule has 1 aromatic rings. The van der Waals surface area contributed by atoms with Crippen LogP contribution in [0.3, 0.4) is 0 Å². The SMILES string of the molecule is O=C(OCc1cccc([N+](=O)[O-])c1)C1=CN2CCS(=O)(=O)N=C2C=C1. The van der Waals surface area contributed by atoms with Gasteiger partial charge in [-0.15, -0.1) is 4.40 Å². The van der Waals surface area contributed by atoms with Crippen molar-refractivity contribution in [2.75, 3.05) is 12.3 Å². The first-order chi connectivity index (χ1) is 11.8. The van der Waals surface area contributed by atoms with E-state index >= 15 is 0 Å². The molecule has 2 aliphatic rings. The van der Waals surface area contributed by atoms with E-state index in [0.717, 1.165) is 0 Å². The summed E-state index contributed by atoms with van der Waals surface area (Å²) in [7, 11) is -3.45. The summed E-state index contributed by atoms with van der Waals surface area (Å²) in [6.07, 6.45) is 4.33. The molecule has 0 saturated heterocycles. The van der Waals surface area contributed by atoms with E-state index in [2.05, 4.69) is 4.40 Å². The maximum atomic E-state index is 12.1. The van der Waals surface area contributed by atoms with Crippen molar-refractivity contribution in [2.24, 2.45) is 4.40 Å². The summed E-state index contributed by atoms with van der Waals surface area (Å²) in [5.74, 6) is -0.492. The fourth-order valence-corrected chi connectivity index (χ4v) is 3.28. The predicted octanol–water partition coefficient (Wildman–Crippen LogP) is 1.14. The zero-order chi connectivity index (χ0) is 18.0. The van der Waals surface area contributed by atoms with E-state index in [4.69, 9.17) is 4.74 Å². The maximum absolute atomic E-state index is 12.1. The third-order valence-electron chi connectivity index (χ3n) is 3.55. The van der Waals surface area contributed by atoms with Crippen LogP contribution in [0.5, 0.6) is 0 Å². The number of sulfonamides is 1. The number of fused-ring (bicyclic) bond motifs is 1. The summed E-state index contributed by atoms with van der Waals surface area (Å²) >= 11 is 0. The highest BCUT2D eigenvalue weighted by molar-refractivity contribution is 7.90. The summed E-state index contributed by atoms with van der Waals surface area (Å²) in [4.78, 5) is 23.9. The van der Waals surface area contributed by atoms with Crippen LogP contribution in [-0.4, -0.2) is 42.3 Å². The molecule has 0 radical (unpaired) electrons. The number of benzene rings is 1. The lowest BCUT2D eigenvalue weighted by Crippen LogP contribution is -2.37. The lowest BCUT2D eigenvalue weighted by Gasteiger charge is -2.26. The average Bonchev–Trinajstić information content (AvgIpc) is 2.58. The van der Waals surface area contributed by atoms with Gasteiger partial charge < -0.3 is 9.64 Å². The Bertz CT molecular complexity index is 932. The molecule has 0 aliphatic carbocycles. The number of nitro groups is 1. The molecule has 25 heavy (non-hydrogen) atoms. The molecule has 0 fully saturated rings. The van der Waals surface area contributed by atoms with Crippen molar-refractivity contribution in [3.05, 3.63) is 63.9 Å². The molecule has 1 aromatic carbocycles. The van der Waals surface area contributed by atoms with Crippen LogP contribution >= 0.6 is 0 Å². The topological polar surface area (TPSA) is 119 Å². The first kappa shape index (κ1) is 16.8. The van der Waals surface area contributed by atoms with E-state index in [1.54, 1.807) is 11.0 Å². The van der Waals surface area contributed by atoms with Gasteiger partial charge in [-0.3, -0.25) is 10.1 Å². The van der Waals surface area contributed by atoms with Crippen LogP contribution in [0.4, 0.5) is 5.69 Å². The highest BCUT2D eigenvalue weighted by Crippen LogP contribution is 2.18. The van der Waals surface area contributed by atoms with Gasteiger partial charge in [0.25, 0.3) is 15.7 Å². The molecule has 3 rings (SSSR count). The second-order valence-corrected chi connectivity index (χ2v) is 7.10. The second kappa shape index (κ2) is 6.48. The van der Waals surface area contributed by atoms with E-state index in [0.29, 0.717) is 5.56 Å². The molecule has 0 unspecified atom stereocenters. The molecule has 0 amide bonds. The molecule has 9 nitrogen and oxygen atoms in total. The van der Waals surface area contributed by atoms with Gasteiger partial charge in [0.2, 0.25) is 0 Å². The van der Waals surface area contributed by atoms with Gasteiger partial charge in [-0.05, 0) is 17.7 Å². The Labute approximate surface area is 143 Å². The van der Waals surface area contributed by atoms with Gasteiger partial charge in [0.05, 0.1) is 16.2 Å². The van der Waals surface area contributed by atoms with E-state index in [1.807, 2.05) is 0 Å². The lowest BCUT2D eigenvalue weighted by atomic mass is 10.2. The molecule has 10 heteroatoms. The molecule has 130 valence electrons. The van der Waals surface area contributed by atoms with E-state index in [-0.39, 0.29) is 36.0 Å². The number of carbonyl (C=O) groups is 1. The number of carbonyl (C=O) groups excluding carboxylic acids is 1. The smallest absolute Gasteiger partial charge is 0.339 e. The summed E-state index contributed by atoms with van der Waals surface area (Å²) in [5, 5.41) is 10.7. The van der Waals surface area contributed by atoms with Crippen LogP contribution in [0.15, 0.2) is 52.6 Å². The van der Waals surface area contributed by atoms with Gasteiger partial charge in [0.15, 0.2) is 0 Å². The number of nitro benzene ring substituents is 1. The Hall–Kier alpha value is -3.01. The van der Waals surface area contributed by atoms with Crippen LogP contribution < -0.4 is 0 Å². The van der Waals surface area contributed by atoms with Gasteiger partial charge >= 0.3 is 5.97 Å². The largest absolute Gasteiger partial charge is 0.457 e. The summed E-state index contributed by atoms with van der Waals surface area (Å²) in [5.41, 5.74) is 0.652. The van der Waals surface area contributed by atoms with Crippen molar-refractivity contribution in [3.63, 3.8) is 0 Å². The number of hydrogen-bond donors (Lipinski definition) is 0. The predicted molar refractivity (Wildman–Crippen MR) is 88.0 cm³/mol. The fraction of sp³-hybridized carbons (Fsp3) is 0.200. The number of esters is 1. The molecule has 0 bridgehead atoms. The maximum Gasteiger partial charge on any atom is 0.339 e. The van der Waals surface area contributed by atoms with Gasteiger partial charge in [0.1, 0.15) is 12.4 Å². The van der Waals surface area contributed by atoms with Crippen LogP contribution in [0, 0.1) is 10.1 Å². The summed E-state index contributed by atoms with van der Waals surface area (Å²) < 4.78 is 31.7. The number of rotatable bonds is 4. The monoisotopic (exact) mass is 363 g/mol. The second-order valence-electron chi connectivity index (χ2n) is 5.35. The van der Waals surface area contributed by atoms with Crippen molar-refractivity contribution in [1.29, 1.82) is 0 Å². The molecule has 0 atom stereocenters. The van der Waals surface area contributed by atoms with Crippen LogP contribution in [0.2, 0.25) is 0 Å². The van der Waals surface area contributed by atoms with Crippen LogP contribution in [-0.2, 0) is 26.2 Å². The normalized spacial score (nSPS) is 18.0. The van der Waals surface area contributed by atoms with Crippen LogP contribution in [0.1, 0.15) is 5.56 Å². The van der Waals surface area contributed by atoms with E-state index in [1.165, 1.54) is 36.6 Å². The Morgan fingerprint density at radius 2 is 2.16 bits per heavy atom. The molecule has 0 N–H and O–H groups in total. The zero-order valence-corrected chi connectivity index (χ0v) is 13.7. The van der Waals surface area contributed by atoms with Crippen LogP contribution in [0.25, 0.3) is 0 Å². The zero-order valence-electron chi connectivity index (χ0n) is 12.9. The minimum Gasteiger partial charge on any atom is -0.457 e. The fourth-order valence-electron chi connectivity index (χ4n) is 2.31. The van der Waals surface area contributed by atoms with Crippen molar-refractivity contribution in [1.82, 2.24) is 4.90 Å². The molecule has 0 saturated carbocycles. The van der Waals surface area contributed by atoms with Gasteiger partial charge in [-0.25, -0.2) is 13.2 Å². The Balaban J connectivity index is 1.67. The number of amidine groups is 1. The van der Waals surface area contributed by atoms with Gasteiger partial charge in [-0.1, -0.05) is 12.1 Å². The van der Waals surface area contributed by atoms with Crippen molar-refractivity contribution in [2.45, 2.75) is 6.61 Å². The highest BCUT2D eigenvalue weighted by Gasteiger charge is 2.25. The summed E-state index contributed by atoms with van der Waals surface area (Å²) in [6.45, 7) is 0.0915. The Morgan fingerprint density at radius 1 is 1.36 bits per heavy atom. The first-order valence-electron chi connectivity index (χ1n) is 7.24. The molecule has 0 aromatic heterocycles. The minimum absolute atomic E-state index is 0.0827.